The van der Waals surface area contributed by atoms with E-state index in [2.05, 4.69) is 23.2 Å². The first-order valence-corrected chi connectivity index (χ1v) is 7.08. The van der Waals surface area contributed by atoms with Crippen molar-refractivity contribution in [3.8, 4) is 0 Å². The van der Waals surface area contributed by atoms with Gasteiger partial charge in [0, 0.05) is 29.4 Å². The maximum Gasteiger partial charge on any atom is 0.303 e. The first-order valence-electron chi connectivity index (χ1n) is 7.08. The van der Waals surface area contributed by atoms with Crippen LogP contribution in [0.1, 0.15) is 23.2 Å². The molecule has 0 atom stereocenters. The summed E-state index contributed by atoms with van der Waals surface area (Å²) >= 11 is 0. The molecule has 0 spiro atoms. The van der Waals surface area contributed by atoms with E-state index in [1.807, 2.05) is 36.4 Å². The Bertz CT molecular complexity index is 759. The van der Waals surface area contributed by atoms with Crippen molar-refractivity contribution in [3.63, 3.8) is 0 Å². The Morgan fingerprint density at radius 2 is 1.71 bits per heavy atom. The lowest BCUT2D eigenvalue weighted by atomic mass is 10.0. The van der Waals surface area contributed by atoms with Crippen LogP contribution in [0.4, 0.5) is 0 Å². The Morgan fingerprint density at radius 3 is 2.48 bits per heavy atom. The lowest BCUT2D eigenvalue weighted by Crippen LogP contribution is -2.00. The van der Waals surface area contributed by atoms with E-state index in [0.717, 1.165) is 28.6 Å². The van der Waals surface area contributed by atoms with Crippen molar-refractivity contribution in [2.75, 3.05) is 0 Å². The third-order valence-corrected chi connectivity index (χ3v) is 3.71. The Kier molecular flexibility index (Phi) is 3.73. The molecule has 1 aromatic heterocycles. The minimum atomic E-state index is -0.758. The summed E-state index contributed by atoms with van der Waals surface area (Å²) in [6.07, 6.45) is 1.51. The zero-order chi connectivity index (χ0) is 14.7. The van der Waals surface area contributed by atoms with Crippen LogP contribution in [0.15, 0.2) is 54.6 Å². The van der Waals surface area contributed by atoms with Gasteiger partial charge in [0.2, 0.25) is 0 Å². The molecule has 0 fully saturated rings. The van der Waals surface area contributed by atoms with Crippen LogP contribution in [0, 0.1) is 0 Å². The summed E-state index contributed by atoms with van der Waals surface area (Å²) in [7, 11) is 0. The number of aromatic nitrogens is 1. The van der Waals surface area contributed by atoms with Crippen molar-refractivity contribution in [2.45, 2.75) is 19.3 Å². The molecule has 3 rings (SSSR count). The minimum absolute atomic E-state index is 0.156. The van der Waals surface area contributed by atoms with Crippen LogP contribution in [-0.4, -0.2) is 16.1 Å². The molecule has 2 N–H and O–H groups in total. The molecule has 0 radical (unpaired) electrons. The van der Waals surface area contributed by atoms with Gasteiger partial charge < -0.3 is 10.1 Å². The highest BCUT2D eigenvalue weighted by Crippen LogP contribution is 2.25. The van der Waals surface area contributed by atoms with E-state index >= 15 is 0 Å². The van der Waals surface area contributed by atoms with E-state index in [4.69, 9.17) is 5.11 Å². The van der Waals surface area contributed by atoms with Gasteiger partial charge in [-0.25, -0.2) is 0 Å². The van der Waals surface area contributed by atoms with Gasteiger partial charge in [-0.3, -0.25) is 4.79 Å². The van der Waals surface area contributed by atoms with Crippen LogP contribution in [0.25, 0.3) is 10.9 Å². The minimum Gasteiger partial charge on any atom is -0.481 e. The molecule has 0 aliphatic carbocycles. The highest BCUT2D eigenvalue weighted by molar-refractivity contribution is 5.85. The van der Waals surface area contributed by atoms with Crippen LogP contribution in [0.3, 0.4) is 0 Å². The number of carboxylic acids is 1. The molecule has 1 heterocycles. The van der Waals surface area contributed by atoms with Crippen LogP contribution >= 0.6 is 0 Å². The van der Waals surface area contributed by atoms with Gasteiger partial charge >= 0.3 is 5.97 Å². The molecular weight excluding hydrogens is 262 g/mol. The standard InChI is InChI=1S/C18H17NO2/c20-18(21)11-10-15-14-8-4-5-9-16(14)19-17(15)12-13-6-2-1-3-7-13/h1-9,19H,10-12H2,(H,20,21). The monoisotopic (exact) mass is 279 g/mol. The number of hydrogen-bond acceptors (Lipinski definition) is 1. The largest absolute Gasteiger partial charge is 0.481 e. The number of para-hydroxylation sites is 1. The molecule has 0 aliphatic rings. The van der Waals surface area contributed by atoms with Crippen LogP contribution in [0.2, 0.25) is 0 Å². The summed E-state index contributed by atoms with van der Waals surface area (Å²) in [5, 5.41) is 10.1. The maximum absolute atomic E-state index is 10.9. The fourth-order valence-corrected chi connectivity index (χ4v) is 2.72. The predicted octanol–water partition coefficient (Wildman–Crippen LogP) is 3.78. The van der Waals surface area contributed by atoms with E-state index < -0.39 is 5.97 Å². The molecule has 3 heteroatoms. The molecule has 0 saturated heterocycles. The molecule has 0 saturated carbocycles. The van der Waals surface area contributed by atoms with Crippen molar-refractivity contribution < 1.29 is 9.90 Å². The number of carbonyl (C=O) groups is 1. The van der Waals surface area contributed by atoms with Crippen molar-refractivity contribution in [3.05, 3.63) is 71.4 Å². The van der Waals surface area contributed by atoms with Gasteiger partial charge in [-0.05, 0) is 23.6 Å². The SMILES string of the molecule is O=C(O)CCc1c(Cc2ccccc2)[nH]c2ccccc12. The van der Waals surface area contributed by atoms with E-state index in [1.54, 1.807) is 0 Å². The highest BCUT2D eigenvalue weighted by atomic mass is 16.4. The topological polar surface area (TPSA) is 53.1 Å². The van der Waals surface area contributed by atoms with Gasteiger partial charge in [0.05, 0.1) is 0 Å². The summed E-state index contributed by atoms with van der Waals surface area (Å²) in [4.78, 5) is 14.3. The molecule has 0 aliphatic heterocycles. The van der Waals surface area contributed by atoms with E-state index in [0.29, 0.717) is 6.42 Å². The molecule has 3 aromatic rings. The molecule has 106 valence electrons. The van der Waals surface area contributed by atoms with Gasteiger partial charge in [-0.15, -0.1) is 0 Å². The third kappa shape index (κ3) is 2.97. The number of hydrogen-bond donors (Lipinski definition) is 2. The predicted molar refractivity (Wildman–Crippen MR) is 83.5 cm³/mol. The molecule has 0 amide bonds. The molecule has 0 unspecified atom stereocenters. The number of H-pyrrole nitrogens is 1. The van der Waals surface area contributed by atoms with Gasteiger partial charge in [0.15, 0.2) is 0 Å². The van der Waals surface area contributed by atoms with Crippen molar-refractivity contribution in [1.82, 2.24) is 4.98 Å². The van der Waals surface area contributed by atoms with Crippen molar-refractivity contribution >= 4 is 16.9 Å². The van der Waals surface area contributed by atoms with E-state index in [1.165, 1.54) is 5.56 Å². The summed E-state index contributed by atoms with van der Waals surface area (Å²) < 4.78 is 0. The number of rotatable bonds is 5. The Morgan fingerprint density at radius 1 is 1.00 bits per heavy atom. The number of aromatic amines is 1. The van der Waals surface area contributed by atoms with Crippen molar-refractivity contribution in [2.24, 2.45) is 0 Å². The number of aryl methyl sites for hydroxylation is 1. The van der Waals surface area contributed by atoms with Crippen LogP contribution < -0.4 is 0 Å². The summed E-state index contributed by atoms with van der Waals surface area (Å²) in [6, 6.07) is 18.3. The third-order valence-electron chi connectivity index (χ3n) is 3.71. The fourth-order valence-electron chi connectivity index (χ4n) is 2.72. The highest BCUT2D eigenvalue weighted by Gasteiger charge is 2.12. The molecule has 2 aromatic carbocycles. The quantitative estimate of drug-likeness (QED) is 0.747. The second-order valence-corrected chi connectivity index (χ2v) is 5.18. The Hall–Kier alpha value is -2.55. The number of carboxylic acid groups (broad SMARTS) is 1. The fraction of sp³-hybridized carbons (Fsp3) is 0.167. The first kappa shape index (κ1) is 13.4. The smallest absolute Gasteiger partial charge is 0.303 e. The summed E-state index contributed by atoms with van der Waals surface area (Å²) in [6.45, 7) is 0. The van der Waals surface area contributed by atoms with Crippen LogP contribution in [0.5, 0.6) is 0 Å². The second kappa shape index (κ2) is 5.83. The Balaban J connectivity index is 1.99. The average Bonchev–Trinajstić information content (AvgIpc) is 2.83. The van der Waals surface area contributed by atoms with Crippen molar-refractivity contribution in [1.29, 1.82) is 0 Å². The zero-order valence-electron chi connectivity index (χ0n) is 11.7. The van der Waals surface area contributed by atoms with E-state index in [9.17, 15) is 4.79 Å². The second-order valence-electron chi connectivity index (χ2n) is 5.18. The van der Waals surface area contributed by atoms with Gasteiger partial charge in [-0.2, -0.15) is 0 Å². The number of fused-ring (bicyclic) bond motifs is 1. The molecule has 3 nitrogen and oxygen atoms in total. The maximum atomic E-state index is 10.9. The molecule has 21 heavy (non-hydrogen) atoms. The van der Waals surface area contributed by atoms with Gasteiger partial charge in [0.1, 0.15) is 0 Å². The summed E-state index contributed by atoms with van der Waals surface area (Å²) in [5.74, 6) is -0.758. The molecule has 0 bridgehead atoms. The number of aliphatic carboxylic acids is 1. The average molecular weight is 279 g/mol. The molecular formula is C18H17NO2. The first-order chi connectivity index (χ1) is 10.2. The van der Waals surface area contributed by atoms with Crippen LogP contribution in [-0.2, 0) is 17.6 Å². The zero-order valence-corrected chi connectivity index (χ0v) is 11.7. The van der Waals surface area contributed by atoms with Gasteiger partial charge in [0.25, 0.3) is 0 Å². The number of nitrogens with one attached hydrogen (secondary N) is 1. The Labute approximate surface area is 123 Å². The van der Waals surface area contributed by atoms with E-state index in [-0.39, 0.29) is 6.42 Å². The van der Waals surface area contributed by atoms with Gasteiger partial charge in [-0.1, -0.05) is 48.5 Å². The summed E-state index contributed by atoms with van der Waals surface area (Å²) in [5.41, 5.74) is 4.53. The lowest BCUT2D eigenvalue weighted by Gasteiger charge is -2.04. The number of benzene rings is 2. The normalized spacial score (nSPS) is 10.9. The lowest BCUT2D eigenvalue weighted by molar-refractivity contribution is -0.136.